The van der Waals surface area contributed by atoms with Gasteiger partial charge in [-0.15, -0.1) is 0 Å². The second-order valence-corrected chi connectivity index (χ2v) is 5.85. The molecule has 2 rings (SSSR count). The highest BCUT2D eigenvalue weighted by Gasteiger charge is 2.16. The lowest BCUT2D eigenvalue weighted by Gasteiger charge is -2.26. The van der Waals surface area contributed by atoms with Crippen LogP contribution in [0.2, 0.25) is 5.02 Å². The molecule has 0 amide bonds. The summed E-state index contributed by atoms with van der Waals surface area (Å²) in [4.78, 5) is 2.45. The minimum atomic E-state index is 0.550. The molecule has 1 unspecified atom stereocenters. The number of hydrogen-bond acceptors (Lipinski definition) is 2. The van der Waals surface area contributed by atoms with Gasteiger partial charge in [-0.1, -0.05) is 11.6 Å². The van der Waals surface area contributed by atoms with Crippen molar-refractivity contribution in [3.05, 3.63) is 26.8 Å². The van der Waals surface area contributed by atoms with E-state index in [1.54, 1.807) is 0 Å². The van der Waals surface area contributed by atoms with Crippen LogP contribution in [-0.4, -0.2) is 25.7 Å². The molecule has 88 valence electrons. The van der Waals surface area contributed by atoms with Crippen LogP contribution >= 0.6 is 34.2 Å². The summed E-state index contributed by atoms with van der Waals surface area (Å²) in [7, 11) is 0. The molecule has 1 aromatic rings. The molecule has 1 saturated heterocycles. The Bertz CT molecular complexity index is 370. The summed E-state index contributed by atoms with van der Waals surface area (Å²) < 4.78 is 1.24. The molecule has 1 N–H and O–H groups in total. The van der Waals surface area contributed by atoms with Crippen molar-refractivity contribution in [2.75, 3.05) is 24.5 Å². The van der Waals surface area contributed by atoms with Gasteiger partial charge in [0, 0.05) is 27.7 Å². The summed E-state index contributed by atoms with van der Waals surface area (Å²) in [5.41, 5.74) is 1.31. The molecule has 0 radical (unpaired) electrons. The van der Waals surface area contributed by atoms with E-state index in [9.17, 15) is 0 Å². The Hall–Kier alpha value is -0.0000000000000000763. The molecule has 16 heavy (non-hydrogen) atoms. The van der Waals surface area contributed by atoms with Crippen molar-refractivity contribution in [1.82, 2.24) is 5.32 Å². The fourth-order valence-electron chi connectivity index (χ4n) is 2.06. The Kier molecular flexibility index (Phi) is 4.33. The van der Waals surface area contributed by atoms with Crippen LogP contribution in [0.1, 0.15) is 13.3 Å². The Morgan fingerprint density at radius 1 is 1.50 bits per heavy atom. The lowest BCUT2D eigenvalue weighted by Crippen LogP contribution is -2.35. The topological polar surface area (TPSA) is 15.3 Å². The zero-order chi connectivity index (χ0) is 11.5. The molecule has 1 aliphatic rings. The summed E-state index contributed by atoms with van der Waals surface area (Å²) in [6, 6.07) is 6.68. The van der Waals surface area contributed by atoms with Crippen LogP contribution in [0, 0.1) is 3.57 Å². The van der Waals surface area contributed by atoms with Crippen LogP contribution in [0.25, 0.3) is 0 Å². The van der Waals surface area contributed by atoms with Gasteiger partial charge in [0.15, 0.2) is 0 Å². The van der Waals surface area contributed by atoms with Gasteiger partial charge in [0.1, 0.15) is 0 Å². The van der Waals surface area contributed by atoms with Crippen molar-refractivity contribution >= 4 is 39.9 Å². The van der Waals surface area contributed by atoms with Crippen molar-refractivity contribution in [1.29, 1.82) is 0 Å². The monoisotopic (exact) mass is 350 g/mol. The van der Waals surface area contributed by atoms with Gasteiger partial charge in [-0.2, -0.15) is 0 Å². The third-order valence-electron chi connectivity index (χ3n) is 2.84. The Balaban J connectivity index is 2.21. The van der Waals surface area contributed by atoms with E-state index in [4.69, 9.17) is 11.6 Å². The number of halogens is 2. The minimum Gasteiger partial charge on any atom is -0.369 e. The van der Waals surface area contributed by atoms with Crippen LogP contribution in [0.15, 0.2) is 18.2 Å². The van der Waals surface area contributed by atoms with Gasteiger partial charge in [0.25, 0.3) is 0 Å². The van der Waals surface area contributed by atoms with E-state index in [1.165, 1.54) is 15.7 Å². The number of nitrogens with one attached hydrogen (secondary N) is 1. The lowest BCUT2D eigenvalue weighted by molar-refractivity contribution is 0.584. The van der Waals surface area contributed by atoms with E-state index >= 15 is 0 Å². The standard InChI is InChI=1S/C12H16ClIN2/c1-9-8-16(6-2-5-15-9)12-4-3-10(13)7-11(12)14/h3-4,7,9,15H,2,5-6,8H2,1H3. The maximum Gasteiger partial charge on any atom is 0.0503 e. The maximum absolute atomic E-state index is 5.98. The van der Waals surface area contributed by atoms with Gasteiger partial charge in [-0.05, 0) is 60.7 Å². The Morgan fingerprint density at radius 3 is 3.06 bits per heavy atom. The molecular weight excluding hydrogens is 335 g/mol. The first-order valence-corrected chi connectivity index (χ1v) is 7.06. The lowest BCUT2D eigenvalue weighted by atomic mass is 10.2. The smallest absolute Gasteiger partial charge is 0.0503 e. The number of benzene rings is 1. The van der Waals surface area contributed by atoms with Gasteiger partial charge in [-0.25, -0.2) is 0 Å². The third-order valence-corrected chi connectivity index (χ3v) is 3.94. The van der Waals surface area contributed by atoms with Crippen LogP contribution in [0.3, 0.4) is 0 Å². The molecule has 4 heteroatoms. The van der Waals surface area contributed by atoms with Crippen LogP contribution in [0.5, 0.6) is 0 Å². The predicted octanol–water partition coefficient (Wildman–Crippen LogP) is 3.13. The van der Waals surface area contributed by atoms with Crippen molar-refractivity contribution < 1.29 is 0 Å². The largest absolute Gasteiger partial charge is 0.369 e. The van der Waals surface area contributed by atoms with E-state index < -0.39 is 0 Å². The van der Waals surface area contributed by atoms with Gasteiger partial charge >= 0.3 is 0 Å². The summed E-state index contributed by atoms with van der Waals surface area (Å²) >= 11 is 8.34. The number of nitrogens with zero attached hydrogens (tertiary/aromatic N) is 1. The Labute approximate surface area is 115 Å². The molecule has 0 spiro atoms. The maximum atomic E-state index is 5.98. The normalized spacial score (nSPS) is 21.9. The van der Waals surface area contributed by atoms with E-state index in [1.807, 2.05) is 12.1 Å². The quantitative estimate of drug-likeness (QED) is 0.783. The SMILES string of the molecule is CC1CN(c2ccc(Cl)cc2I)CCCN1. The van der Waals surface area contributed by atoms with Gasteiger partial charge in [0.2, 0.25) is 0 Å². The molecule has 1 heterocycles. The zero-order valence-electron chi connectivity index (χ0n) is 9.34. The van der Waals surface area contributed by atoms with Crippen molar-refractivity contribution in [3.8, 4) is 0 Å². The van der Waals surface area contributed by atoms with E-state index in [0.717, 1.165) is 24.7 Å². The predicted molar refractivity (Wildman–Crippen MR) is 78.5 cm³/mol. The molecule has 1 atom stereocenters. The summed E-state index contributed by atoms with van der Waals surface area (Å²) in [5.74, 6) is 0. The van der Waals surface area contributed by atoms with Crippen LogP contribution in [-0.2, 0) is 0 Å². The average molecular weight is 351 g/mol. The Morgan fingerprint density at radius 2 is 2.31 bits per heavy atom. The fraction of sp³-hybridized carbons (Fsp3) is 0.500. The summed E-state index contributed by atoms with van der Waals surface area (Å²) in [5, 5.41) is 4.32. The number of rotatable bonds is 1. The molecule has 0 saturated carbocycles. The fourth-order valence-corrected chi connectivity index (χ4v) is 3.27. The first-order chi connectivity index (χ1) is 7.66. The zero-order valence-corrected chi connectivity index (χ0v) is 12.3. The summed E-state index contributed by atoms with van der Waals surface area (Å²) in [6.07, 6.45) is 1.20. The molecule has 1 aromatic carbocycles. The second kappa shape index (κ2) is 5.56. The van der Waals surface area contributed by atoms with Gasteiger partial charge in [-0.3, -0.25) is 0 Å². The van der Waals surface area contributed by atoms with E-state index in [-0.39, 0.29) is 0 Å². The second-order valence-electron chi connectivity index (χ2n) is 4.25. The molecule has 0 aromatic heterocycles. The first kappa shape index (κ1) is 12.5. The van der Waals surface area contributed by atoms with Crippen molar-refractivity contribution in [3.63, 3.8) is 0 Å². The van der Waals surface area contributed by atoms with Crippen LogP contribution < -0.4 is 10.2 Å². The van der Waals surface area contributed by atoms with Crippen molar-refractivity contribution in [2.24, 2.45) is 0 Å². The minimum absolute atomic E-state index is 0.550. The molecule has 2 nitrogen and oxygen atoms in total. The summed E-state index contributed by atoms with van der Waals surface area (Å²) in [6.45, 7) is 5.54. The van der Waals surface area contributed by atoms with Crippen molar-refractivity contribution in [2.45, 2.75) is 19.4 Å². The first-order valence-electron chi connectivity index (χ1n) is 5.60. The number of hydrogen-bond donors (Lipinski definition) is 1. The van der Waals surface area contributed by atoms with E-state index in [2.05, 4.69) is 45.8 Å². The molecule has 0 aliphatic carbocycles. The average Bonchev–Trinajstić information content (AvgIpc) is 2.43. The highest BCUT2D eigenvalue weighted by Crippen LogP contribution is 2.26. The molecule has 1 fully saturated rings. The molecule has 1 aliphatic heterocycles. The highest BCUT2D eigenvalue weighted by molar-refractivity contribution is 14.1. The molecule has 0 bridgehead atoms. The third kappa shape index (κ3) is 3.02. The molecular formula is C12H16ClIN2. The highest BCUT2D eigenvalue weighted by atomic mass is 127. The van der Waals surface area contributed by atoms with Crippen LogP contribution in [0.4, 0.5) is 5.69 Å². The van der Waals surface area contributed by atoms with Gasteiger partial charge in [0.05, 0.1) is 5.69 Å². The number of anilines is 1. The van der Waals surface area contributed by atoms with E-state index in [0.29, 0.717) is 6.04 Å². The van der Waals surface area contributed by atoms with Gasteiger partial charge < -0.3 is 10.2 Å².